The fourth-order valence-corrected chi connectivity index (χ4v) is 0.589. The van der Waals surface area contributed by atoms with Gasteiger partial charge in [-0.05, 0) is 6.42 Å². The van der Waals surface area contributed by atoms with Gasteiger partial charge in [0.05, 0.1) is 6.61 Å². The summed E-state index contributed by atoms with van der Waals surface area (Å²) in [6, 6.07) is 0. The van der Waals surface area contributed by atoms with Gasteiger partial charge in [0.1, 0.15) is 0 Å². The van der Waals surface area contributed by atoms with Crippen molar-refractivity contribution < 1.29 is 9.53 Å². The molecule has 0 radical (unpaired) electrons. The molecule has 0 saturated carbocycles. The van der Waals surface area contributed by atoms with Crippen molar-refractivity contribution in [3.05, 3.63) is 12.3 Å². The first kappa shape index (κ1) is 9.21. The van der Waals surface area contributed by atoms with Crippen LogP contribution in [0.15, 0.2) is 12.3 Å². The number of carbonyl (C=O) groups is 1. The molecule has 0 rings (SSSR count). The normalized spacial score (nSPS) is 8.90. The lowest BCUT2D eigenvalue weighted by molar-refractivity contribution is -0.107. The molecule has 0 atom stereocenters. The second-order valence-electron chi connectivity index (χ2n) is 2.14. The van der Waals surface area contributed by atoms with Crippen LogP contribution in [0.5, 0.6) is 0 Å². The lowest BCUT2D eigenvalue weighted by Crippen LogP contribution is -1.94. The third kappa shape index (κ3) is 5.35. The third-order valence-corrected chi connectivity index (χ3v) is 1.17. The molecular formula is C8H14O2. The molecule has 0 aliphatic heterocycles. The van der Waals surface area contributed by atoms with Gasteiger partial charge in [0.15, 0.2) is 12.0 Å². The highest BCUT2D eigenvalue weighted by Crippen LogP contribution is 1.96. The summed E-state index contributed by atoms with van der Waals surface area (Å²) in [4.78, 5) is 9.94. The van der Waals surface area contributed by atoms with E-state index in [1.807, 2.05) is 0 Å². The van der Waals surface area contributed by atoms with Gasteiger partial charge < -0.3 is 4.74 Å². The molecule has 0 amide bonds. The topological polar surface area (TPSA) is 26.3 Å². The molecule has 2 nitrogen and oxygen atoms in total. The van der Waals surface area contributed by atoms with Crippen LogP contribution in [0.25, 0.3) is 0 Å². The first-order valence-corrected chi connectivity index (χ1v) is 3.58. The largest absolute Gasteiger partial charge is 0.491 e. The van der Waals surface area contributed by atoms with Crippen LogP contribution in [0.2, 0.25) is 0 Å². The van der Waals surface area contributed by atoms with Crippen LogP contribution in [0.3, 0.4) is 0 Å². The SMILES string of the molecule is C=C(C=O)OCCCCC. The molecule has 0 bridgehead atoms. The summed E-state index contributed by atoms with van der Waals surface area (Å²) in [6.45, 7) is 6.12. The quantitative estimate of drug-likeness (QED) is 0.245. The van der Waals surface area contributed by atoms with Crippen LogP contribution in [-0.4, -0.2) is 12.9 Å². The molecule has 0 fully saturated rings. The molecular weight excluding hydrogens is 128 g/mol. The summed E-state index contributed by atoms with van der Waals surface area (Å²) in [5.41, 5.74) is 0. The number of allylic oxidation sites excluding steroid dienone is 1. The van der Waals surface area contributed by atoms with Crippen LogP contribution in [0, 0.1) is 0 Å². The summed E-state index contributed by atoms with van der Waals surface area (Å²) in [6.07, 6.45) is 3.94. The number of rotatable bonds is 6. The van der Waals surface area contributed by atoms with E-state index in [1.54, 1.807) is 0 Å². The number of aldehydes is 1. The zero-order valence-corrected chi connectivity index (χ0v) is 6.43. The van der Waals surface area contributed by atoms with E-state index in [0.717, 1.165) is 19.3 Å². The Bertz CT molecular complexity index is 108. The molecule has 0 aromatic rings. The van der Waals surface area contributed by atoms with E-state index in [-0.39, 0.29) is 5.76 Å². The average molecular weight is 142 g/mol. The maximum absolute atomic E-state index is 9.94. The minimum absolute atomic E-state index is 0.233. The molecule has 0 N–H and O–H groups in total. The first-order chi connectivity index (χ1) is 4.81. The molecule has 0 spiro atoms. The number of ether oxygens (including phenoxy) is 1. The van der Waals surface area contributed by atoms with Crippen LogP contribution in [0.1, 0.15) is 26.2 Å². The zero-order valence-electron chi connectivity index (χ0n) is 6.43. The van der Waals surface area contributed by atoms with Crippen LogP contribution >= 0.6 is 0 Å². The number of hydrogen-bond donors (Lipinski definition) is 0. The van der Waals surface area contributed by atoms with Crippen molar-refractivity contribution in [2.45, 2.75) is 26.2 Å². The minimum Gasteiger partial charge on any atom is -0.491 e. The van der Waals surface area contributed by atoms with Crippen molar-refractivity contribution >= 4 is 6.29 Å². The van der Waals surface area contributed by atoms with E-state index in [2.05, 4.69) is 13.5 Å². The highest BCUT2D eigenvalue weighted by molar-refractivity contribution is 5.68. The van der Waals surface area contributed by atoms with Crippen molar-refractivity contribution in [3.8, 4) is 0 Å². The maximum atomic E-state index is 9.94. The predicted molar refractivity (Wildman–Crippen MR) is 40.7 cm³/mol. The molecule has 0 unspecified atom stereocenters. The number of unbranched alkanes of at least 4 members (excludes halogenated alkanes) is 2. The number of carbonyl (C=O) groups excluding carboxylic acids is 1. The van der Waals surface area contributed by atoms with Crippen molar-refractivity contribution in [1.82, 2.24) is 0 Å². The van der Waals surface area contributed by atoms with E-state index in [9.17, 15) is 4.79 Å². The van der Waals surface area contributed by atoms with Crippen molar-refractivity contribution in [2.75, 3.05) is 6.61 Å². The van der Waals surface area contributed by atoms with E-state index in [0.29, 0.717) is 12.9 Å². The van der Waals surface area contributed by atoms with E-state index >= 15 is 0 Å². The Balaban J connectivity index is 3.03. The van der Waals surface area contributed by atoms with Crippen LogP contribution < -0.4 is 0 Å². The Hall–Kier alpha value is -0.790. The summed E-state index contributed by atoms with van der Waals surface area (Å²) in [5, 5.41) is 0. The van der Waals surface area contributed by atoms with E-state index in [4.69, 9.17) is 4.74 Å². The van der Waals surface area contributed by atoms with Crippen LogP contribution in [0.4, 0.5) is 0 Å². The van der Waals surface area contributed by atoms with E-state index < -0.39 is 0 Å². The average Bonchev–Trinajstić information content (AvgIpc) is 1.98. The Morgan fingerprint density at radius 1 is 1.60 bits per heavy atom. The highest BCUT2D eigenvalue weighted by Gasteiger charge is 1.89. The van der Waals surface area contributed by atoms with Gasteiger partial charge >= 0.3 is 0 Å². The summed E-state index contributed by atoms with van der Waals surface area (Å²) in [5.74, 6) is 0.233. The maximum Gasteiger partial charge on any atom is 0.184 e. The van der Waals surface area contributed by atoms with E-state index in [1.165, 1.54) is 0 Å². The van der Waals surface area contributed by atoms with Gasteiger partial charge in [-0.3, -0.25) is 4.79 Å². The first-order valence-electron chi connectivity index (χ1n) is 3.58. The van der Waals surface area contributed by atoms with Crippen molar-refractivity contribution in [2.24, 2.45) is 0 Å². The summed E-state index contributed by atoms with van der Waals surface area (Å²) >= 11 is 0. The van der Waals surface area contributed by atoms with Gasteiger partial charge in [-0.15, -0.1) is 0 Å². The molecule has 0 heterocycles. The minimum atomic E-state index is 0.233. The van der Waals surface area contributed by atoms with Crippen molar-refractivity contribution in [3.63, 3.8) is 0 Å². The number of hydrogen-bond acceptors (Lipinski definition) is 2. The van der Waals surface area contributed by atoms with Gasteiger partial charge in [0, 0.05) is 0 Å². The fraction of sp³-hybridized carbons (Fsp3) is 0.625. The molecule has 10 heavy (non-hydrogen) atoms. The van der Waals surface area contributed by atoms with Gasteiger partial charge in [0.25, 0.3) is 0 Å². The Morgan fingerprint density at radius 3 is 2.80 bits per heavy atom. The molecule has 0 aliphatic carbocycles. The molecule has 58 valence electrons. The van der Waals surface area contributed by atoms with Gasteiger partial charge in [-0.2, -0.15) is 0 Å². The molecule has 2 heteroatoms. The molecule has 0 aromatic carbocycles. The van der Waals surface area contributed by atoms with Gasteiger partial charge in [-0.25, -0.2) is 0 Å². The zero-order chi connectivity index (χ0) is 7.82. The smallest absolute Gasteiger partial charge is 0.184 e. The molecule has 0 aromatic heterocycles. The Labute approximate surface area is 61.9 Å². The third-order valence-electron chi connectivity index (χ3n) is 1.17. The van der Waals surface area contributed by atoms with Gasteiger partial charge in [0.2, 0.25) is 0 Å². The Kier molecular flexibility index (Phi) is 5.83. The molecule has 0 aliphatic rings. The highest BCUT2D eigenvalue weighted by atomic mass is 16.5. The second-order valence-corrected chi connectivity index (χ2v) is 2.14. The fourth-order valence-electron chi connectivity index (χ4n) is 0.589. The lowest BCUT2D eigenvalue weighted by atomic mass is 10.3. The monoisotopic (exact) mass is 142 g/mol. The standard InChI is InChI=1S/C8H14O2/c1-3-4-5-6-10-8(2)7-9/h7H,2-6H2,1H3. The lowest BCUT2D eigenvalue weighted by Gasteiger charge is -2.01. The van der Waals surface area contributed by atoms with Crippen LogP contribution in [-0.2, 0) is 9.53 Å². The summed E-state index contributed by atoms with van der Waals surface area (Å²) < 4.78 is 4.93. The Morgan fingerprint density at radius 2 is 2.30 bits per heavy atom. The van der Waals surface area contributed by atoms with Gasteiger partial charge in [-0.1, -0.05) is 26.3 Å². The van der Waals surface area contributed by atoms with Crippen molar-refractivity contribution in [1.29, 1.82) is 0 Å². The summed E-state index contributed by atoms with van der Waals surface area (Å²) in [7, 11) is 0. The molecule has 0 saturated heterocycles. The second kappa shape index (κ2) is 6.33. The predicted octanol–water partition coefficient (Wildman–Crippen LogP) is 1.91.